The molecule has 0 N–H and O–H groups in total. The third-order valence-electron chi connectivity index (χ3n) is 7.60. The molecule has 0 radical (unpaired) electrons. The molecule has 0 bridgehead atoms. The van der Waals surface area contributed by atoms with Gasteiger partial charge in [0.1, 0.15) is 0 Å². The highest BCUT2D eigenvalue weighted by Gasteiger charge is 2.35. The second-order valence-corrected chi connectivity index (χ2v) is 9.44. The lowest BCUT2D eigenvalue weighted by Gasteiger charge is -2.35. The van der Waals surface area contributed by atoms with E-state index in [1.165, 1.54) is 63.4 Å². The van der Waals surface area contributed by atoms with Gasteiger partial charge >= 0.3 is 0 Å². The molecule has 2 aliphatic rings. The van der Waals surface area contributed by atoms with E-state index >= 15 is 0 Å². The molecule has 1 aromatic rings. The summed E-state index contributed by atoms with van der Waals surface area (Å²) in [6.07, 6.45) is 16.6. The van der Waals surface area contributed by atoms with Crippen molar-refractivity contribution in [1.82, 2.24) is 0 Å². The highest BCUT2D eigenvalue weighted by molar-refractivity contribution is 5.28. The van der Waals surface area contributed by atoms with E-state index in [0.29, 0.717) is 5.92 Å². The topological polar surface area (TPSA) is 23.8 Å². The van der Waals surface area contributed by atoms with Gasteiger partial charge in [-0.3, -0.25) is 0 Å². The average molecular weight is 366 g/mol. The summed E-state index contributed by atoms with van der Waals surface area (Å²) in [7, 11) is 0. The first-order valence-corrected chi connectivity index (χ1v) is 11.7. The second kappa shape index (κ2) is 9.77. The van der Waals surface area contributed by atoms with E-state index in [0.717, 1.165) is 37.5 Å². The van der Waals surface area contributed by atoms with Crippen molar-refractivity contribution in [2.75, 3.05) is 0 Å². The Labute approximate surface area is 167 Å². The first-order valence-electron chi connectivity index (χ1n) is 11.7. The molecule has 2 fully saturated rings. The van der Waals surface area contributed by atoms with Crippen LogP contribution in [0.3, 0.4) is 0 Å². The molecule has 0 amide bonds. The van der Waals surface area contributed by atoms with Gasteiger partial charge in [-0.25, -0.2) is 0 Å². The molecule has 0 heterocycles. The van der Waals surface area contributed by atoms with Gasteiger partial charge in [-0.15, -0.1) is 0 Å². The maximum atomic E-state index is 9.63. The Morgan fingerprint density at radius 2 is 1.41 bits per heavy atom. The van der Waals surface area contributed by atoms with Crippen molar-refractivity contribution in [2.24, 2.45) is 11.3 Å². The third kappa shape index (κ3) is 5.16. The van der Waals surface area contributed by atoms with Gasteiger partial charge in [0.25, 0.3) is 0 Å². The first-order chi connectivity index (χ1) is 13.2. The van der Waals surface area contributed by atoms with Crippen LogP contribution in [0.15, 0.2) is 24.3 Å². The minimum absolute atomic E-state index is 0.0262. The van der Waals surface area contributed by atoms with Gasteiger partial charge in [0, 0.05) is 0 Å². The van der Waals surface area contributed by atoms with Crippen molar-refractivity contribution in [2.45, 2.75) is 109 Å². The van der Waals surface area contributed by atoms with Crippen molar-refractivity contribution in [3.05, 3.63) is 35.4 Å². The Kier molecular flexibility index (Phi) is 7.40. The zero-order chi connectivity index (χ0) is 19.1. The van der Waals surface area contributed by atoms with Crippen LogP contribution in [0.5, 0.6) is 0 Å². The summed E-state index contributed by atoms with van der Waals surface area (Å²) >= 11 is 0. The van der Waals surface area contributed by atoms with Gasteiger partial charge in [0.05, 0.1) is 11.5 Å². The van der Waals surface area contributed by atoms with Crippen molar-refractivity contribution < 1.29 is 0 Å². The van der Waals surface area contributed by atoms with E-state index in [4.69, 9.17) is 0 Å². The van der Waals surface area contributed by atoms with Gasteiger partial charge in [0.15, 0.2) is 0 Å². The van der Waals surface area contributed by atoms with Crippen molar-refractivity contribution in [3.8, 4) is 6.07 Å². The number of unbranched alkanes of at least 4 members (excludes halogenated alkanes) is 1. The standard InChI is InChI=1S/C26H39N/c1-3-5-6-21-7-9-22(10-8-21)23-11-13-24(14-12-23)25-15-18-26(20-27,17-4-2)19-16-25/h11-14,21-22,25H,3-10,15-19H2,1-2H3. The Balaban J connectivity index is 1.52. The largest absolute Gasteiger partial charge is 0.198 e. The number of hydrogen-bond acceptors (Lipinski definition) is 1. The Hall–Kier alpha value is -1.29. The summed E-state index contributed by atoms with van der Waals surface area (Å²) in [6.45, 7) is 4.52. The van der Waals surface area contributed by atoms with Crippen LogP contribution in [0.2, 0.25) is 0 Å². The highest BCUT2D eigenvalue weighted by atomic mass is 14.4. The molecule has 0 aliphatic heterocycles. The summed E-state index contributed by atoms with van der Waals surface area (Å²) in [5.74, 6) is 2.45. The van der Waals surface area contributed by atoms with Crippen LogP contribution in [0, 0.1) is 22.7 Å². The zero-order valence-corrected chi connectivity index (χ0v) is 17.7. The summed E-state index contributed by atoms with van der Waals surface area (Å²) in [6, 6.07) is 12.3. The van der Waals surface area contributed by atoms with Gasteiger partial charge in [0.2, 0.25) is 0 Å². The number of nitriles is 1. The molecule has 0 aromatic heterocycles. The lowest BCUT2D eigenvalue weighted by molar-refractivity contribution is 0.228. The minimum atomic E-state index is -0.0262. The molecule has 0 saturated heterocycles. The van der Waals surface area contributed by atoms with Crippen molar-refractivity contribution in [1.29, 1.82) is 5.26 Å². The van der Waals surface area contributed by atoms with Crippen LogP contribution in [-0.2, 0) is 0 Å². The number of rotatable bonds is 7. The molecule has 3 rings (SSSR count). The van der Waals surface area contributed by atoms with Crippen LogP contribution in [0.25, 0.3) is 0 Å². The van der Waals surface area contributed by atoms with E-state index in [1.807, 2.05) is 0 Å². The molecule has 0 unspecified atom stereocenters. The molecule has 2 aliphatic carbocycles. The Morgan fingerprint density at radius 1 is 0.852 bits per heavy atom. The second-order valence-electron chi connectivity index (χ2n) is 9.44. The number of benzene rings is 1. The van der Waals surface area contributed by atoms with E-state index in [1.54, 1.807) is 5.56 Å². The Bertz CT molecular complexity index is 592. The fraction of sp³-hybridized carbons (Fsp3) is 0.731. The molecule has 1 aromatic carbocycles. The summed E-state index contributed by atoms with van der Waals surface area (Å²) in [5, 5.41) is 9.63. The molecular weight excluding hydrogens is 326 g/mol. The fourth-order valence-corrected chi connectivity index (χ4v) is 5.72. The first kappa shape index (κ1) is 20.4. The van der Waals surface area contributed by atoms with Crippen molar-refractivity contribution in [3.63, 3.8) is 0 Å². The maximum Gasteiger partial charge on any atom is 0.0689 e. The summed E-state index contributed by atoms with van der Waals surface area (Å²) < 4.78 is 0. The van der Waals surface area contributed by atoms with Crippen LogP contribution in [0.1, 0.15) is 120 Å². The van der Waals surface area contributed by atoms with Crippen LogP contribution in [0.4, 0.5) is 0 Å². The monoisotopic (exact) mass is 365 g/mol. The third-order valence-corrected chi connectivity index (χ3v) is 7.60. The van der Waals surface area contributed by atoms with Crippen LogP contribution in [-0.4, -0.2) is 0 Å². The highest BCUT2D eigenvalue weighted by Crippen LogP contribution is 2.45. The average Bonchev–Trinajstić information content (AvgIpc) is 2.73. The van der Waals surface area contributed by atoms with Gasteiger partial charge in [-0.2, -0.15) is 5.26 Å². The van der Waals surface area contributed by atoms with Gasteiger partial charge in [-0.05, 0) is 86.7 Å². The molecule has 148 valence electrons. The van der Waals surface area contributed by atoms with Gasteiger partial charge < -0.3 is 0 Å². The molecule has 1 heteroatoms. The van der Waals surface area contributed by atoms with Crippen molar-refractivity contribution >= 4 is 0 Å². The lowest BCUT2D eigenvalue weighted by atomic mass is 9.67. The molecular formula is C26H39N. The SMILES string of the molecule is CCCCC1CCC(c2ccc(C3CCC(C#N)(CCC)CC3)cc2)CC1. The molecule has 2 saturated carbocycles. The van der Waals surface area contributed by atoms with E-state index in [9.17, 15) is 5.26 Å². The quantitative estimate of drug-likeness (QED) is 0.478. The van der Waals surface area contributed by atoms with E-state index in [-0.39, 0.29) is 5.41 Å². The van der Waals surface area contributed by atoms with E-state index < -0.39 is 0 Å². The lowest BCUT2D eigenvalue weighted by Crippen LogP contribution is -2.25. The maximum absolute atomic E-state index is 9.63. The fourth-order valence-electron chi connectivity index (χ4n) is 5.72. The summed E-state index contributed by atoms with van der Waals surface area (Å²) in [5.41, 5.74) is 3.06. The minimum Gasteiger partial charge on any atom is -0.198 e. The predicted octanol–water partition coefficient (Wildman–Crippen LogP) is 8.12. The molecule has 0 atom stereocenters. The van der Waals surface area contributed by atoms with Crippen LogP contribution < -0.4 is 0 Å². The predicted molar refractivity (Wildman–Crippen MR) is 115 cm³/mol. The number of hydrogen-bond donors (Lipinski definition) is 0. The van der Waals surface area contributed by atoms with Crippen LogP contribution >= 0.6 is 0 Å². The smallest absolute Gasteiger partial charge is 0.0689 e. The molecule has 0 spiro atoms. The summed E-state index contributed by atoms with van der Waals surface area (Å²) in [4.78, 5) is 0. The molecule has 1 nitrogen and oxygen atoms in total. The Morgan fingerprint density at radius 3 is 1.89 bits per heavy atom. The van der Waals surface area contributed by atoms with E-state index in [2.05, 4.69) is 44.2 Å². The number of nitrogens with zero attached hydrogens (tertiary/aromatic N) is 1. The zero-order valence-electron chi connectivity index (χ0n) is 17.7. The van der Waals surface area contributed by atoms with Gasteiger partial charge in [-0.1, -0.05) is 63.8 Å². The molecule has 27 heavy (non-hydrogen) atoms. The normalized spacial score (nSPS) is 31.4.